The normalized spacial score (nSPS) is 12.7. The molecule has 1 heterocycles. The Morgan fingerprint density at radius 1 is 1.44 bits per heavy atom. The van der Waals surface area contributed by atoms with Crippen molar-refractivity contribution in [3.63, 3.8) is 0 Å². The molecular weight excluding hydrogens is 207 g/mol. The molecule has 0 spiro atoms. The lowest BCUT2D eigenvalue weighted by Gasteiger charge is -2.16. The van der Waals surface area contributed by atoms with Gasteiger partial charge in [-0.1, -0.05) is 6.07 Å². The summed E-state index contributed by atoms with van der Waals surface area (Å²) in [6.45, 7) is 1.94. The summed E-state index contributed by atoms with van der Waals surface area (Å²) in [6, 6.07) is 4.55. The number of aryl methyl sites for hydroxylation is 1. The summed E-state index contributed by atoms with van der Waals surface area (Å²) in [5.74, 6) is 0.427. The molecule has 2 N–H and O–H groups in total. The van der Waals surface area contributed by atoms with Crippen molar-refractivity contribution in [1.82, 2.24) is 20.5 Å². The Kier molecular flexibility index (Phi) is 2.96. The van der Waals surface area contributed by atoms with Gasteiger partial charge in [0.05, 0.1) is 6.04 Å². The van der Waals surface area contributed by atoms with Crippen LogP contribution in [0.15, 0.2) is 24.5 Å². The highest BCUT2D eigenvalue weighted by Gasteiger charge is 2.17. The molecule has 5 heteroatoms. The Labute approximate surface area is 92.9 Å². The van der Waals surface area contributed by atoms with Crippen LogP contribution in [0.3, 0.4) is 0 Å². The van der Waals surface area contributed by atoms with Crippen molar-refractivity contribution < 1.29 is 4.39 Å². The highest BCUT2D eigenvalue weighted by molar-refractivity contribution is 5.32. The lowest BCUT2D eigenvalue weighted by Crippen LogP contribution is -2.20. The van der Waals surface area contributed by atoms with Crippen LogP contribution in [0.1, 0.15) is 23.0 Å². The van der Waals surface area contributed by atoms with Crippen LogP contribution >= 0.6 is 0 Å². The highest BCUT2D eigenvalue weighted by Crippen LogP contribution is 2.22. The summed E-state index contributed by atoms with van der Waals surface area (Å²) in [4.78, 5) is 4.08. The van der Waals surface area contributed by atoms with E-state index < -0.39 is 0 Å². The summed E-state index contributed by atoms with van der Waals surface area (Å²) in [7, 11) is 1.80. The maximum absolute atomic E-state index is 13.2. The van der Waals surface area contributed by atoms with Crippen LogP contribution in [-0.2, 0) is 0 Å². The Hall–Kier alpha value is -1.75. The van der Waals surface area contributed by atoms with Crippen LogP contribution in [0.4, 0.5) is 4.39 Å². The topological polar surface area (TPSA) is 53.6 Å². The minimum Gasteiger partial charge on any atom is -0.307 e. The van der Waals surface area contributed by atoms with Crippen molar-refractivity contribution in [1.29, 1.82) is 0 Å². The molecule has 0 saturated heterocycles. The quantitative estimate of drug-likeness (QED) is 0.825. The molecule has 84 valence electrons. The second-order valence-electron chi connectivity index (χ2n) is 3.59. The van der Waals surface area contributed by atoms with E-state index in [4.69, 9.17) is 0 Å². The minimum atomic E-state index is -0.250. The van der Waals surface area contributed by atoms with Crippen LogP contribution in [0.2, 0.25) is 0 Å². The first-order valence-corrected chi connectivity index (χ1v) is 5.01. The van der Waals surface area contributed by atoms with Gasteiger partial charge in [0.2, 0.25) is 0 Å². The van der Waals surface area contributed by atoms with Gasteiger partial charge < -0.3 is 5.32 Å². The molecule has 0 aliphatic carbocycles. The van der Waals surface area contributed by atoms with Crippen LogP contribution in [-0.4, -0.2) is 22.2 Å². The zero-order valence-electron chi connectivity index (χ0n) is 9.16. The van der Waals surface area contributed by atoms with E-state index in [0.717, 1.165) is 11.1 Å². The molecule has 2 aromatic rings. The third-order valence-electron chi connectivity index (χ3n) is 2.55. The summed E-state index contributed by atoms with van der Waals surface area (Å²) in [5, 5.41) is 9.67. The van der Waals surface area contributed by atoms with Gasteiger partial charge in [0.15, 0.2) is 0 Å². The number of nitrogens with zero attached hydrogens (tertiary/aromatic N) is 2. The maximum atomic E-state index is 13.2. The van der Waals surface area contributed by atoms with Gasteiger partial charge in [0.25, 0.3) is 0 Å². The Morgan fingerprint density at radius 3 is 2.88 bits per heavy atom. The molecule has 4 nitrogen and oxygen atoms in total. The summed E-state index contributed by atoms with van der Waals surface area (Å²) in [6.07, 6.45) is 1.44. The second kappa shape index (κ2) is 4.40. The van der Waals surface area contributed by atoms with Crippen LogP contribution in [0, 0.1) is 12.7 Å². The van der Waals surface area contributed by atoms with Gasteiger partial charge in [-0.3, -0.25) is 5.10 Å². The SMILES string of the molecule is CNC(c1ncn[nH]1)c1cc(F)ccc1C. The highest BCUT2D eigenvalue weighted by atomic mass is 19.1. The molecule has 0 fully saturated rings. The average Bonchev–Trinajstić information content (AvgIpc) is 2.78. The predicted octanol–water partition coefficient (Wildman–Crippen LogP) is 1.56. The van der Waals surface area contributed by atoms with E-state index in [1.54, 1.807) is 13.1 Å². The number of aromatic amines is 1. The first-order chi connectivity index (χ1) is 7.72. The zero-order chi connectivity index (χ0) is 11.5. The van der Waals surface area contributed by atoms with Gasteiger partial charge >= 0.3 is 0 Å². The van der Waals surface area contributed by atoms with E-state index >= 15 is 0 Å². The Morgan fingerprint density at radius 2 is 2.25 bits per heavy atom. The molecule has 0 aliphatic rings. The van der Waals surface area contributed by atoms with Gasteiger partial charge in [0, 0.05) is 0 Å². The maximum Gasteiger partial charge on any atom is 0.145 e. The number of rotatable bonds is 3. The van der Waals surface area contributed by atoms with Gasteiger partial charge in [-0.2, -0.15) is 5.10 Å². The van der Waals surface area contributed by atoms with Crippen molar-refractivity contribution in [3.8, 4) is 0 Å². The zero-order valence-corrected chi connectivity index (χ0v) is 9.16. The molecule has 0 radical (unpaired) electrons. The van der Waals surface area contributed by atoms with E-state index in [1.807, 2.05) is 6.92 Å². The third-order valence-corrected chi connectivity index (χ3v) is 2.55. The molecule has 0 saturated carbocycles. The molecule has 0 amide bonds. The van der Waals surface area contributed by atoms with Crippen LogP contribution in [0.5, 0.6) is 0 Å². The number of benzene rings is 1. The molecule has 16 heavy (non-hydrogen) atoms. The summed E-state index contributed by atoms with van der Waals surface area (Å²) in [5.41, 5.74) is 1.87. The first-order valence-electron chi connectivity index (χ1n) is 5.01. The molecule has 0 aliphatic heterocycles. The van der Waals surface area contributed by atoms with Crippen molar-refractivity contribution in [3.05, 3.63) is 47.3 Å². The van der Waals surface area contributed by atoms with E-state index in [9.17, 15) is 4.39 Å². The van der Waals surface area contributed by atoms with E-state index in [2.05, 4.69) is 20.5 Å². The number of halogens is 1. The van der Waals surface area contributed by atoms with E-state index in [-0.39, 0.29) is 11.9 Å². The Bertz CT molecular complexity index is 467. The van der Waals surface area contributed by atoms with Gasteiger partial charge in [-0.05, 0) is 37.2 Å². The van der Waals surface area contributed by atoms with Crippen LogP contribution < -0.4 is 5.32 Å². The minimum absolute atomic E-state index is 0.168. The fraction of sp³-hybridized carbons (Fsp3) is 0.273. The first kappa shape index (κ1) is 10.8. The fourth-order valence-corrected chi connectivity index (χ4v) is 1.72. The van der Waals surface area contributed by atoms with Crippen LogP contribution in [0.25, 0.3) is 0 Å². The standard InChI is InChI=1S/C11H13FN4/c1-7-3-4-8(12)5-9(7)10(13-2)11-14-6-15-16-11/h3-6,10,13H,1-2H3,(H,14,15,16). The number of hydrogen-bond acceptors (Lipinski definition) is 3. The van der Waals surface area contributed by atoms with E-state index in [1.165, 1.54) is 18.5 Å². The predicted molar refractivity (Wildman–Crippen MR) is 58.4 cm³/mol. The van der Waals surface area contributed by atoms with E-state index in [0.29, 0.717) is 5.82 Å². The van der Waals surface area contributed by atoms with Crippen molar-refractivity contribution >= 4 is 0 Å². The number of nitrogens with one attached hydrogen (secondary N) is 2. The largest absolute Gasteiger partial charge is 0.307 e. The van der Waals surface area contributed by atoms with Crippen molar-refractivity contribution in [2.75, 3.05) is 7.05 Å². The number of H-pyrrole nitrogens is 1. The van der Waals surface area contributed by atoms with Crippen molar-refractivity contribution in [2.24, 2.45) is 0 Å². The smallest absolute Gasteiger partial charge is 0.145 e. The van der Waals surface area contributed by atoms with Gasteiger partial charge in [0.1, 0.15) is 18.0 Å². The number of hydrogen-bond donors (Lipinski definition) is 2. The molecule has 1 aromatic carbocycles. The summed E-state index contributed by atoms with van der Waals surface area (Å²) < 4.78 is 13.2. The Balaban J connectivity index is 2.44. The average molecular weight is 220 g/mol. The molecule has 1 aromatic heterocycles. The molecule has 1 unspecified atom stereocenters. The van der Waals surface area contributed by atoms with Gasteiger partial charge in [-0.15, -0.1) is 0 Å². The lowest BCUT2D eigenvalue weighted by molar-refractivity contribution is 0.607. The monoisotopic (exact) mass is 220 g/mol. The van der Waals surface area contributed by atoms with Gasteiger partial charge in [-0.25, -0.2) is 9.37 Å². The summed E-state index contributed by atoms with van der Waals surface area (Å²) >= 11 is 0. The molecule has 0 bridgehead atoms. The molecule has 2 rings (SSSR count). The molecule has 1 atom stereocenters. The second-order valence-corrected chi connectivity index (χ2v) is 3.59. The number of aromatic nitrogens is 3. The molecular formula is C11H13FN4. The third kappa shape index (κ3) is 1.94. The fourth-order valence-electron chi connectivity index (χ4n) is 1.72. The lowest BCUT2D eigenvalue weighted by atomic mass is 10.0. The van der Waals surface area contributed by atoms with Crippen molar-refractivity contribution in [2.45, 2.75) is 13.0 Å².